The molecular weight excluding hydrogens is 515 g/mol. The smallest absolute Gasteiger partial charge is 0.363 e. The Hall–Kier alpha value is -3.05. The molecule has 0 spiro atoms. The first-order valence-electron chi connectivity index (χ1n) is 13.2. The van der Waals surface area contributed by atoms with Crippen LogP contribution < -0.4 is 10.2 Å². The van der Waals surface area contributed by atoms with Crippen molar-refractivity contribution in [1.82, 2.24) is 25.0 Å². The Labute approximate surface area is 223 Å². The average molecular weight is 547 g/mol. The second kappa shape index (κ2) is 9.26. The quantitative estimate of drug-likeness (QED) is 0.401. The van der Waals surface area contributed by atoms with Gasteiger partial charge in [0.05, 0.1) is 24.7 Å². The summed E-state index contributed by atoms with van der Waals surface area (Å²) in [5.41, 5.74) is 2.46. The summed E-state index contributed by atoms with van der Waals surface area (Å²) in [5.74, 6) is -2.23. The predicted octanol–water partition coefficient (Wildman–Crippen LogP) is 5.43. The van der Waals surface area contributed by atoms with Crippen LogP contribution in [0.15, 0.2) is 42.7 Å². The Balaban J connectivity index is 1.29. The lowest BCUT2D eigenvalue weighted by Gasteiger charge is -2.43. The third-order valence-corrected chi connectivity index (χ3v) is 8.37. The molecule has 39 heavy (non-hydrogen) atoms. The maximum Gasteiger partial charge on any atom is 0.416 e. The van der Waals surface area contributed by atoms with E-state index in [1.807, 2.05) is 35.2 Å². The van der Waals surface area contributed by atoms with Crippen LogP contribution >= 0.6 is 0 Å². The predicted molar refractivity (Wildman–Crippen MR) is 136 cm³/mol. The Kier molecular flexibility index (Phi) is 6.22. The number of hydrogen-bond acceptors (Lipinski definition) is 5. The highest BCUT2D eigenvalue weighted by Crippen LogP contribution is 2.42. The summed E-state index contributed by atoms with van der Waals surface area (Å²) in [6.07, 6.45) is 0.249. The van der Waals surface area contributed by atoms with E-state index in [4.69, 9.17) is 0 Å². The molecule has 1 N–H and O–H groups in total. The SMILES string of the molecule is Cn1cnnc1[C@@H](c1cccc(N2Cc3cc(CNC4(C)CCC4)cc(C(F)(F)F)c3C2)c1)N1CC(F)(F)C1. The van der Waals surface area contributed by atoms with Gasteiger partial charge in [0.1, 0.15) is 6.33 Å². The highest BCUT2D eigenvalue weighted by Gasteiger charge is 2.48. The number of anilines is 1. The largest absolute Gasteiger partial charge is 0.416 e. The van der Waals surface area contributed by atoms with E-state index in [2.05, 4.69) is 22.4 Å². The number of halogens is 5. The van der Waals surface area contributed by atoms with Gasteiger partial charge in [0.25, 0.3) is 5.92 Å². The van der Waals surface area contributed by atoms with Crippen molar-refractivity contribution in [3.63, 3.8) is 0 Å². The van der Waals surface area contributed by atoms with E-state index < -0.39 is 36.8 Å². The van der Waals surface area contributed by atoms with E-state index in [-0.39, 0.29) is 12.1 Å². The van der Waals surface area contributed by atoms with Crippen molar-refractivity contribution in [3.8, 4) is 0 Å². The minimum atomic E-state index is -4.46. The number of fused-ring (bicyclic) bond motifs is 1. The minimum absolute atomic E-state index is 0.0103. The number of likely N-dealkylation sites (tertiary alicyclic amines) is 1. The standard InChI is InChI=1S/C28H31F5N6/c1-26(7-4-8-26)34-12-18-9-20-13-38(14-22(20)23(10-18)28(31,32)33)21-6-3-5-19(11-21)24(25-36-35-17-37(25)2)39-15-27(29,30)16-39/h3,5-6,9-11,17,24,34H,4,7-8,12-16H2,1-2H3/t24-/m1/s1. The molecule has 0 amide bonds. The van der Waals surface area contributed by atoms with Gasteiger partial charge in [-0.2, -0.15) is 13.2 Å². The van der Waals surface area contributed by atoms with Gasteiger partial charge in [0, 0.05) is 37.9 Å². The molecule has 6 rings (SSSR count). The van der Waals surface area contributed by atoms with E-state index in [0.717, 1.165) is 30.5 Å². The maximum absolute atomic E-state index is 14.1. The van der Waals surface area contributed by atoms with Crippen LogP contribution in [0.1, 0.15) is 65.9 Å². The summed E-state index contributed by atoms with van der Waals surface area (Å²) < 4.78 is 71.7. The van der Waals surface area contributed by atoms with Crippen LogP contribution in [0.3, 0.4) is 0 Å². The van der Waals surface area contributed by atoms with Gasteiger partial charge in [0.15, 0.2) is 5.82 Å². The van der Waals surface area contributed by atoms with Crippen molar-refractivity contribution in [2.24, 2.45) is 7.05 Å². The topological polar surface area (TPSA) is 49.2 Å². The number of benzene rings is 2. The van der Waals surface area contributed by atoms with Crippen molar-refractivity contribution in [3.05, 3.63) is 76.4 Å². The molecule has 2 aliphatic heterocycles. The van der Waals surface area contributed by atoms with Gasteiger partial charge in [0.2, 0.25) is 0 Å². The number of hydrogen-bond donors (Lipinski definition) is 1. The minimum Gasteiger partial charge on any atom is -0.363 e. The van der Waals surface area contributed by atoms with Crippen LogP contribution in [0, 0.1) is 0 Å². The third kappa shape index (κ3) is 5.02. The van der Waals surface area contributed by atoms with Crippen LogP contribution in [-0.4, -0.2) is 44.2 Å². The molecule has 1 atom stereocenters. The summed E-state index contributed by atoms with van der Waals surface area (Å²) in [6.45, 7) is 2.17. The van der Waals surface area contributed by atoms with Crippen molar-refractivity contribution >= 4 is 5.69 Å². The molecule has 208 valence electrons. The van der Waals surface area contributed by atoms with Crippen LogP contribution in [0.25, 0.3) is 0 Å². The Morgan fingerprint density at radius 2 is 1.85 bits per heavy atom. The van der Waals surface area contributed by atoms with Crippen LogP contribution in [0.4, 0.5) is 27.6 Å². The summed E-state index contributed by atoms with van der Waals surface area (Å²) in [4.78, 5) is 3.55. The second-order valence-electron chi connectivity index (χ2n) is 11.5. The summed E-state index contributed by atoms with van der Waals surface area (Å²) in [5, 5.41) is 11.5. The Morgan fingerprint density at radius 3 is 2.46 bits per heavy atom. The van der Waals surface area contributed by atoms with E-state index in [0.29, 0.717) is 35.6 Å². The van der Waals surface area contributed by atoms with Gasteiger partial charge in [-0.25, -0.2) is 8.78 Å². The number of nitrogens with zero attached hydrogens (tertiary/aromatic N) is 5. The van der Waals surface area contributed by atoms with Gasteiger partial charge in [-0.1, -0.05) is 18.2 Å². The lowest BCUT2D eigenvalue weighted by Crippen LogP contribution is -2.57. The van der Waals surface area contributed by atoms with Crippen molar-refractivity contribution in [2.45, 2.75) is 69.5 Å². The zero-order valence-corrected chi connectivity index (χ0v) is 21.9. The molecule has 0 radical (unpaired) electrons. The average Bonchev–Trinajstić information content (AvgIpc) is 3.46. The van der Waals surface area contributed by atoms with Gasteiger partial charge < -0.3 is 14.8 Å². The summed E-state index contributed by atoms with van der Waals surface area (Å²) >= 11 is 0. The second-order valence-corrected chi connectivity index (χ2v) is 11.5. The van der Waals surface area contributed by atoms with Gasteiger partial charge in [-0.15, -0.1) is 10.2 Å². The van der Waals surface area contributed by atoms with Gasteiger partial charge in [-0.3, -0.25) is 4.90 Å². The first-order valence-corrected chi connectivity index (χ1v) is 13.2. The van der Waals surface area contributed by atoms with Crippen LogP contribution in [-0.2, 0) is 32.9 Å². The molecule has 3 heterocycles. The zero-order valence-electron chi connectivity index (χ0n) is 21.9. The zero-order chi connectivity index (χ0) is 27.6. The van der Waals surface area contributed by atoms with Gasteiger partial charge >= 0.3 is 6.18 Å². The van der Waals surface area contributed by atoms with E-state index in [9.17, 15) is 22.0 Å². The lowest BCUT2D eigenvalue weighted by molar-refractivity contribution is -0.142. The van der Waals surface area contributed by atoms with E-state index >= 15 is 0 Å². The number of alkyl halides is 5. The molecule has 1 aliphatic carbocycles. The molecule has 1 saturated carbocycles. The molecule has 3 aliphatic rings. The highest BCUT2D eigenvalue weighted by atomic mass is 19.4. The molecule has 3 aromatic rings. The first-order chi connectivity index (χ1) is 18.4. The molecule has 6 nitrogen and oxygen atoms in total. The summed E-state index contributed by atoms with van der Waals surface area (Å²) in [6, 6.07) is 9.99. The number of aryl methyl sites for hydroxylation is 1. The fourth-order valence-corrected chi connectivity index (χ4v) is 6.00. The molecule has 11 heteroatoms. The third-order valence-electron chi connectivity index (χ3n) is 8.37. The molecular formula is C28H31F5N6. The normalized spacial score (nSPS) is 20.8. The van der Waals surface area contributed by atoms with E-state index in [1.165, 1.54) is 12.4 Å². The number of nitrogens with one attached hydrogen (secondary N) is 1. The van der Waals surface area contributed by atoms with Gasteiger partial charge in [-0.05, 0) is 66.6 Å². The van der Waals surface area contributed by atoms with Crippen molar-refractivity contribution in [1.29, 1.82) is 0 Å². The highest BCUT2D eigenvalue weighted by molar-refractivity contribution is 5.56. The molecule has 0 unspecified atom stereocenters. The number of aromatic nitrogens is 3. The van der Waals surface area contributed by atoms with Crippen LogP contribution in [0.5, 0.6) is 0 Å². The molecule has 2 aromatic carbocycles. The maximum atomic E-state index is 14.1. The fourth-order valence-electron chi connectivity index (χ4n) is 6.00. The summed E-state index contributed by atoms with van der Waals surface area (Å²) in [7, 11) is 1.76. The molecule has 2 fully saturated rings. The Bertz CT molecular complexity index is 1370. The van der Waals surface area contributed by atoms with Crippen molar-refractivity contribution in [2.75, 3.05) is 18.0 Å². The fraction of sp³-hybridized carbons (Fsp3) is 0.500. The molecule has 1 aromatic heterocycles. The monoisotopic (exact) mass is 546 g/mol. The number of rotatable bonds is 7. The molecule has 0 bridgehead atoms. The van der Waals surface area contributed by atoms with Crippen LogP contribution in [0.2, 0.25) is 0 Å². The first kappa shape index (κ1) is 26.2. The van der Waals surface area contributed by atoms with Crippen molar-refractivity contribution < 1.29 is 22.0 Å². The lowest BCUT2D eigenvalue weighted by atomic mass is 9.78. The Morgan fingerprint density at radius 1 is 1.08 bits per heavy atom. The molecule has 1 saturated heterocycles. The van der Waals surface area contributed by atoms with E-state index in [1.54, 1.807) is 16.5 Å².